The summed E-state index contributed by atoms with van der Waals surface area (Å²) in [7, 11) is 0. The minimum Gasteiger partial charge on any atom is -0.456 e. The molecule has 0 fully saturated rings. The monoisotopic (exact) mass is 321 g/mol. The van der Waals surface area contributed by atoms with Gasteiger partial charge in [-0.2, -0.15) is 0 Å². The fourth-order valence-corrected chi connectivity index (χ4v) is 2.92. The number of esters is 1. The summed E-state index contributed by atoms with van der Waals surface area (Å²) in [5.74, 6) is -0.320. The van der Waals surface area contributed by atoms with Crippen LogP contribution in [0.1, 0.15) is 44.0 Å². The van der Waals surface area contributed by atoms with Gasteiger partial charge in [0.2, 0.25) is 0 Å². The van der Waals surface area contributed by atoms with Gasteiger partial charge in [0, 0.05) is 10.5 Å². The molecule has 0 saturated carbocycles. The van der Waals surface area contributed by atoms with E-state index in [0.29, 0.717) is 0 Å². The Balaban J connectivity index is 2.16. The lowest BCUT2D eigenvalue weighted by Gasteiger charge is -2.34. The molecular weight excluding hydrogens is 302 g/mol. The van der Waals surface area contributed by atoms with Crippen LogP contribution in [0.5, 0.6) is 0 Å². The zero-order valence-corrected chi connectivity index (χ0v) is 13.9. The van der Waals surface area contributed by atoms with E-state index < -0.39 is 17.6 Å². The molecule has 0 heterocycles. The van der Waals surface area contributed by atoms with Gasteiger partial charge in [-0.15, -0.1) is 0 Å². The molecule has 24 heavy (non-hydrogen) atoms. The number of azide groups is 1. The van der Waals surface area contributed by atoms with Crippen LogP contribution in [-0.2, 0) is 9.53 Å². The minimum atomic E-state index is -0.632. The average molecular weight is 321 g/mol. The van der Waals surface area contributed by atoms with E-state index in [0.717, 1.165) is 22.3 Å². The van der Waals surface area contributed by atoms with Crippen molar-refractivity contribution in [3.8, 4) is 11.1 Å². The Bertz CT molecular complexity index is 833. The van der Waals surface area contributed by atoms with E-state index in [-0.39, 0.29) is 5.97 Å². The Morgan fingerprint density at radius 1 is 1.04 bits per heavy atom. The molecule has 0 radical (unpaired) electrons. The van der Waals surface area contributed by atoms with E-state index in [4.69, 9.17) is 10.3 Å². The van der Waals surface area contributed by atoms with Crippen molar-refractivity contribution in [1.82, 2.24) is 0 Å². The molecule has 0 aliphatic heterocycles. The topological polar surface area (TPSA) is 75.1 Å². The van der Waals surface area contributed by atoms with Crippen LogP contribution in [0.3, 0.4) is 0 Å². The molecule has 0 aromatic heterocycles. The van der Waals surface area contributed by atoms with Crippen LogP contribution < -0.4 is 0 Å². The second-order valence-electron chi connectivity index (χ2n) is 6.90. The Morgan fingerprint density at radius 2 is 1.58 bits per heavy atom. The summed E-state index contributed by atoms with van der Waals surface area (Å²) in [6.45, 7) is 5.42. The Kier molecular flexibility index (Phi) is 4.04. The van der Waals surface area contributed by atoms with E-state index in [1.807, 2.05) is 48.5 Å². The molecule has 1 aliphatic rings. The van der Waals surface area contributed by atoms with Gasteiger partial charge >= 0.3 is 5.97 Å². The van der Waals surface area contributed by atoms with Crippen molar-refractivity contribution in [3.63, 3.8) is 0 Å². The quantitative estimate of drug-likeness (QED) is 0.323. The fraction of sp³-hybridized carbons (Fsp3) is 0.316. The summed E-state index contributed by atoms with van der Waals surface area (Å²) in [5, 5.41) is 3.94. The van der Waals surface area contributed by atoms with Crippen LogP contribution in [-0.4, -0.2) is 5.97 Å². The van der Waals surface area contributed by atoms with Crippen molar-refractivity contribution in [2.75, 3.05) is 0 Å². The molecule has 122 valence electrons. The molecule has 0 spiro atoms. The predicted molar refractivity (Wildman–Crippen MR) is 92.1 cm³/mol. The molecule has 2 atom stereocenters. The average Bonchev–Trinajstić information content (AvgIpc) is 2.57. The molecule has 3 rings (SSSR count). The summed E-state index contributed by atoms with van der Waals surface area (Å²) in [4.78, 5) is 15.4. The molecular formula is C19H19N3O2. The Hall–Kier alpha value is -2.78. The van der Waals surface area contributed by atoms with E-state index in [9.17, 15) is 4.79 Å². The first-order valence-corrected chi connectivity index (χ1v) is 7.87. The van der Waals surface area contributed by atoms with E-state index in [1.165, 1.54) is 0 Å². The minimum absolute atomic E-state index is 0.320. The maximum Gasteiger partial charge on any atom is 0.311 e. The standard InChI is InChI=1S/C19H19N3O2/c1-19(2,3)18(23)24-17-15-11-7-5-9-13(15)12-8-4-6-10-14(12)16(17)21-22-20/h4-11,16-17H,1-3H3. The number of fused-ring (bicyclic) bond motifs is 3. The molecule has 2 aromatic carbocycles. The first-order chi connectivity index (χ1) is 11.4. The SMILES string of the molecule is CC(C)(C)C(=O)OC1c2ccccc2-c2ccccc2C1N=[N+]=[N-]. The van der Waals surface area contributed by atoms with Crippen molar-refractivity contribution in [2.24, 2.45) is 10.5 Å². The first-order valence-electron chi connectivity index (χ1n) is 7.87. The van der Waals surface area contributed by atoms with Crippen LogP contribution >= 0.6 is 0 Å². The second-order valence-corrected chi connectivity index (χ2v) is 6.90. The van der Waals surface area contributed by atoms with Crippen molar-refractivity contribution >= 4 is 5.97 Å². The van der Waals surface area contributed by atoms with Crippen LogP contribution in [0.4, 0.5) is 0 Å². The van der Waals surface area contributed by atoms with Gasteiger partial charge < -0.3 is 4.74 Å². The number of carbonyl (C=O) groups excluding carboxylic acids is 1. The Morgan fingerprint density at radius 3 is 2.17 bits per heavy atom. The van der Waals surface area contributed by atoms with Gasteiger partial charge in [-0.05, 0) is 43.0 Å². The third kappa shape index (κ3) is 2.74. The number of nitrogens with zero attached hydrogens (tertiary/aromatic N) is 3. The third-order valence-electron chi connectivity index (χ3n) is 4.15. The van der Waals surface area contributed by atoms with E-state index in [1.54, 1.807) is 20.8 Å². The Labute approximate surface area is 140 Å². The van der Waals surface area contributed by atoms with Crippen LogP contribution in [0.25, 0.3) is 21.6 Å². The molecule has 2 aromatic rings. The van der Waals surface area contributed by atoms with Gasteiger partial charge in [0.15, 0.2) is 0 Å². The number of hydrogen-bond donors (Lipinski definition) is 0. The summed E-state index contributed by atoms with van der Waals surface area (Å²) in [6.07, 6.45) is -0.626. The predicted octanol–water partition coefficient (Wildman–Crippen LogP) is 5.35. The maximum atomic E-state index is 12.4. The molecule has 1 aliphatic carbocycles. The van der Waals surface area contributed by atoms with Crippen molar-refractivity contribution in [3.05, 3.63) is 70.1 Å². The molecule has 0 bridgehead atoms. The highest BCUT2D eigenvalue weighted by Gasteiger charge is 2.37. The zero-order valence-electron chi connectivity index (χ0n) is 13.9. The normalized spacial score (nSPS) is 18.8. The van der Waals surface area contributed by atoms with E-state index in [2.05, 4.69) is 10.0 Å². The van der Waals surface area contributed by atoms with Crippen LogP contribution in [0.2, 0.25) is 0 Å². The first kappa shape index (κ1) is 16.1. The van der Waals surface area contributed by atoms with Gasteiger partial charge in [0.1, 0.15) is 12.1 Å². The number of ether oxygens (including phenoxy) is 1. The fourth-order valence-electron chi connectivity index (χ4n) is 2.92. The second kappa shape index (κ2) is 6.02. The highest BCUT2D eigenvalue weighted by atomic mass is 16.5. The smallest absolute Gasteiger partial charge is 0.311 e. The van der Waals surface area contributed by atoms with Gasteiger partial charge in [0.25, 0.3) is 0 Å². The maximum absolute atomic E-state index is 12.4. The van der Waals surface area contributed by atoms with Gasteiger partial charge in [0.05, 0.1) is 5.41 Å². The third-order valence-corrected chi connectivity index (χ3v) is 4.15. The lowest BCUT2D eigenvalue weighted by atomic mass is 9.80. The number of benzene rings is 2. The van der Waals surface area contributed by atoms with Crippen LogP contribution in [0, 0.1) is 5.41 Å². The van der Waals surface area contributed by atoms with Gasteiger partial charge in [-0.1, -0.05) is 53.6 Å². The van der Waals surface area contributed by atoms with Gasteiger partial charge in [-0.25, -0.2) is 0 Å². The lowest BCUT2D eigenvalue weighted by Crippen LogP contribution is -2.28. The lowest BCUT2D eigenvalue weighted by molar-refractivity contribution is -0.160. The number of carbonyl (C=O) groups is 1. The molecule has 0 saturated heterocycles. The van der Waals surface area contributed by atoms with E-state index >= 15 is 0 Å². The largest absolute Gasteiger partial charge is 0.456 e. The van der Waals surface area contributed by atoms with Gasteiger partial charge in [-0.3, -0.25) is 4.79 Å². The summed E-state index contributed by atoms with van der Waals surface area (Å²) in [6, 6.07) is 15.0. The summed E-state index contributed by atoms with van der Waals surface area (Å²) >= 11 is 0. The molecule has 5 nitrogen and oxygen atoms in total. The van der Waals surface area contributed by atoms with Crippen molar-refractivity contribution in [1.29, 1.82) is 0 Å². The molecule has 2 unspecified atom stereocenters. The van der Waals surface area contributed by atoms with Crippen LogP contribution in [0.15, 0.2) is 53.6 Å². The molecule has 0 N–H and O–H groups in total. The highest BCUT2D eigenvalue weighted by Crippen LogP contribution is 2.48. The number of rotatable bonds is 2. The number of hydrogen-bond acceptors (Lipinski definition) is 3. The van der Waals surface area contributed by atoms with Crippen molar-refractivity contribution in [2.45, 2.75) is 32.9 Å². The van der Waals surface area contributed by atoms with Crippen molar-refractivity contribution < 1.29 is 9.53 Å². The summed E-state index contributed by atoms with van der Waals surface area (Å²) in [5.41, 5.74) is 12.1. The highest BCUT2D eigenvalue weighted by molar-refractivity contribution is 5.78. The zero-order chi connectivity index (χ0) is 17.3. The summed E-state index contributed by atoms with van der Waals surface area (Å²) < 4.78 is 5.80. The molecule has 0 amide bonds. The molecule has 5 heteroatoms.